The molecule has 0 saturated carbocycles. The maximum atomic E-state index is 12.5. The van der Waals surface area contributed by atoms with Gasteiger partial charge >= 0.3 is 0 Å². The molecule has 2 amide bonds. The second kappa shape index (κ2) is 9.59. The molecule has 1 heterocycles. The largest absolute Gasteiger partial charge is 0.344 e. The molecule has 0 aromatic rings. The van der Waals surface area contributed by atoms with E-state index >= 15 is 0 Å². The lowest BCUT2D eigenvalue weighted by molar-refractivity contribution is -0.136. The number of rotatable bonds is 2. The summed E-state index contributed by atoms with van der Waals surface area (Å²) in [5, 5.41) is 2.90. The highest BCUT2D eigenvalue weighted by molar-refractivity contribution is 5.91. The van der Waals surface area contributed by atoms with Gasteiger partial charge in [-0.2, -0.15) is 0 Å². The Bertz CT molecular complexity index is 366. The zero-order chi connectivity index (χ0) is 15.7. The number of amides is 2. The van der Waals surface area contributed by atoms with Crippen molar-refractivity contribution in [2.24, 2.45) is 5.92 Å². The molecule has 119 valence electrons. The summed E-state index contributed by atoms with van der Waals surface area (Å²) in [6.07, 6.45) is 11.6. The van der Waals surface area contributed by atoms with Crippen LogP contribution in [-0.2, 0) is 9.59 Å². The summed E-state index contributed by atoms with van der Waals surface area (Å²) in [5.41, 5.74) is 0. The highest BCUT2D eigenvalue weighted by Crippen LogP contribution is 2.12. The van der Waals surface area contributed by atoms with E-state index in [4.69, 9.17) is 0 Å². The van der Waals surface area contributed by atoms with Crippen molar-refractivity contribution in [2.45, 2.75) is 58.4 Å². The van der Waals surface area contributed by atoms with E-state index in [0.717, 1.165) is 45.1 Å². The van der Waals surface area contributed by atoms with Crippen LogP contribution >= 0.6 is 0 Å². The van der Waals surface area contributed by atoms with E-state index in [2.05, 4.69) is 17.5 Å². The first kappa shape index (κ1) is 17.7. The molecular weight excluding hydrogens is 264 g/mol. The van der Waals surface area contributed by atoms with E-state index in [1.165, 1.54) is 0 Å². The number of likely N-dealkylation sites (N-methyl/N-ethyl adjacent to an activating group) is 1. The van der Waals surface area contributed by atoms with Gasteiger partial charge in [-0.3, -0.25) is 9.59 Å². The van der Waals surface area contributed by atoms with Crippen LogP contribution in [0, 0.1) is 12.3 Å². The fourth-order valence-electron chi connectivity index (χ4n) is 2.39. The summed E-state index contributed by atoms with van der Waals surface area (Å²) >= 11 is 0. The van der Waals surface area contributed by atoms with E-state index in [0.29, 0.717) is 0 Å². The molecule has 0 saturated heterocycles. The van der Waals surface area contributed by atoms with Gasteiger partial charge in [-0.05, 0) is 38.0 Å². The molecule has 0 aliphatic carbocycles. The molecule has 4 heteroatoms. The molecule has 0 spiro atoms. The van der Waals surface area contributed by atoms with Crippen LogP contribution in [0.3, 0.4) is 0 Å². The quantitative estimate of drug-likeness (QED) is 0.796. The number of nitrogens with zero attached hydrogens (tertiary/aromatic N) is 1. The van der Waals surface area contributed by atoms with Crippen LogP contribution in [0.2, 0.25) is 0 Å². The Morgan fingerprint density at radius 1 is 1.24 bits per heavy atom. The highest BCUT2D eigenvalue weighted by atomic mass is 16.2. The fourth-order valence-corrected chi connectivity index (χ4v) is 2.39. The molecule has 1 N–H and O–H groups in total. The Morgan fingerprint density at radius 3 is 2.57 bits per heavy atom. The topological polar surface area (TPSA) is 49.4 Å². The second-order valence-corrected chi connectivity index (χ2v) is 5.88. The van der Waals surface area contributed by atoms with E-state index in [1.807, 2.05) is 20.9 Å². The number of nitrogens with one attached hydrogen (secondary N) is 1. The first-order valence-corrected chi connectivity index (χ1v) is 8.10. The summed E-state index contributed by atoms with van der Waals surface area (Å²) in [4.78, 5) is 26.3. The van der Waals surface area contributed by atoms with Crippen LogP contribution in [0.4, 0.5) is 0 Å². The molecule has 0 aromatic carbocycles. The number of carbonyl (C=O) groups excluding carboxylic acids is 2. The first-order chi connectivity index (χ1) is 10.1. The Balaban J connectivity index is 2.76. The lowest BCUT2D eigenvalue weighted by Crippen LogP contribution is -2.51. The predicted molar refractivity (Wildman–Crippen MR) is 85.5 cm³/mol. The first-order valence-electron chi connectivity index (χ1n) is 8.10. The molecule has 1 rings (SSSR count). The van der Waals surface area contributed by atoms with Gasteiger partial charge in [-0.15, -0.1) is 0 Å². The van der Waals surface area contributed by atoms with Crippen LogP contribution in [0.5, 0.6) is 0 Å². The minimum Gasteiger partial charge on any atom is -0.344 e. The minimum absolute atomic E-state index is 0.0205. The standard InChI is InChI=1S/C17H29N2O2/c1-4-14(2)16-17(21)19(3)13-11-9-7-5-6-8-10-12-15(20)18-16/h5,7,12,14,16H,4,6,8-11,13H2,1-3H3,(H,18,20)/t14-,16?/m1/s1. The summed E-state index contributed by atoms with van der Waals surface area (Å²) in [6.45, 7) is 4.79. The zero-order valence-corrected chi connectivity index (χ0v) is 13.6. The van der Waals surface area contributed by atoms with Gasteiger partial charge in [0, 0.05) is 20.0 Å². The number of carbonyl (C=O) groups is 2. The minimum atomic E-state index is -0.415. The Hall–Kier alpha value is -1.32. The molecule has 1 aliphatic rings. The monoisotopic (exact) mass is 293 g/mol. The van der Waals surface area contributed by atoms with Crippen molar-refractivity contribution < 1.29 is 9.59 Å². The van der Waals surface area contributed by atoms with Crippen LogP contribution in [0.1, 0.15) is 52.4 Å². The third-order valence-electron chi connectivity index (χ3n) is 4.09. The zero-order valence-electron chi connectivity index (χ0n) is 13.6. The average Bonchev–Trinajstić information content (AvgIpc) is 2.48. The second-order valence-electron chi connectivity index (χ2n) is 5.88. The molecular formula is C17H29N2O2. The van der Waals surface area contributed by atoms with Gasteiger partial charge in [0.25, 0.3) is 0 Å². The summed E-state index contributed by atoms with van der Waals surface area (Å²) in [6, 6.07) is -0.415. The van der Waals surface area contributed by atoms with Gasteiger partial charge < -0.3 is 10.2 Å². The molecule has 1 unspecified atom stereocenters. The maximum Gasteiger partial charge on any atom is 0.245 e. The highest BCUT2D eigenvalue weighted by Gasteiger charge is 2.28. The smallest absolute Gasteiger partial charge is 0.245 e. The van der Waals surface area contributed by atoms with Crippen molar-refractivity contribution in [3.8, 4) is 0 Å². The summed E-state index contributed by atoms with van der Waals surface area (Å²) in [5.74, 6) is 0.0420. The van der Waals surface area contributed by atoms with Crippen molar-refractivity contribution in [3.63, 3.8) is 0 Å². The normalized spacial score (nSPS) is 24.3. The van der Waals surface area contributed by atoms with Crippen LogP contribution in [0.15, 0.2) is 12.2 Å². The van der Waals surface area contributed by atoms with Crippen molar-refractivity contribution in [1.29, 1.82) is 0 Å². The number of hydrogen-bond acceptors (Lipinski definition) is 2. The summed E-state index contributed by atoms with van der Waals surface area (Å²) in [7, 11) is 1.82. The number of allylic oxidation sites excluding steroid dienone is 2. The molecule has 21 heavy (non-hydrogen) atoms. The van der Waals surface area contributed by atoms with Gasteiger partial charge in [-0.25, -0.2) is 0 Å². The van der Waals surface area contributed by atoms with Gasteiger partial charge in [0.2, 0.25) is 11.8 Å². The van der Waals surface area contributed by atoms with Crippen LogP contribution in [-0.4, -0.2) is 36.3 Å². The fraction of sp³-hybridized carbons (Fsp3) is 0.706. The third-order valence-corrected chi connectivity index (χ3v) is 4.09. The SMILES string of the molecule is CC[C@@H](C)C1NC(=O)[CH]CCCC=CCCCN(C)C1=O. The molecule has 1 radical (unpaired) electrons. The Kier molecular flexibility index (Phi) is 8.09. The Morgan fingerprint density at radius 2 is 1.90 bits per heavy atom. The van der Waals surface area contributed by atoms with Crippen molar-refractivity contribution in [3.05, 3.63) is 18.6 Å². The summed E-state index contributed by atoms with van der Waals surface area (Å²) < 4.78 is 0. The van der Waals surface area contributed by atoms with Gasteiger partial charge in [0.05, 0.1) is 0 Å². The van der Waals surface area contributed by atoms with E-state index in [1.54, 1.807) is 11.3 Å². The predicted octanol–water partition coefficient (Wildman–Crippen LogP) is 2.70. The van der Waals surface area contributed by atoms with Gasteiger partial charge in [-0.1, -0.05) is 32.4 Å². The lowest BCUT2D eigenvalue weighted by Gasteiger charge is -2.28. The molecule has 1 aliphatic heterocycles. The van der Waals surface area contributed by atoms with Crippen molar-refractivity contribution in [1.82, 2.24) is 10.2 Å². The lowest BCUT2D eigenvalue weighted by atomic mass is 9.97. The molecule has 0 aromatic heterocycles. The third kappa shape index (κ3) is 6.32. The van der Waals surface area contributed by atoms with E-state index in [-0.39, 0.29) is 17.7 Å². The van der Waals surface area contributed by atoms with Gasteiger partial charge in [0.15, 0.2) is 0 Å². The molecule has 2 atom stereocenters. The maximum absolute atomic E-state index is 12.5. The molecule has 4 nitrogen and oxygen atoms in total. The van der Waals surface area contributed by atoms with Gasteiger partial charge in [0.1, 0.15) is 6.04 Å². The van der Waals surface area contributed by atoms with E-state index in [9.17, 15) is 9.59 Å². The van der Waals surface area contributed by atoms with E-state index < -0.39 is 6.04 Å². The number of hydrogen-bond donors (Lipinski definition) is 1. The van der Waals surface area contributed by atoms with Crippen LogP contribution < -0.4 is 5.32 Å². The average molecular weight is 293 g/mol. The Labute approximate surface area is 129 Å². The van der Waals surface area contributed by atoms with Crippen LogP contribution in [0.25, 0.3) is 0 Å². The van der Waals surface area contributed by atoms with Crippen molar-refractivity contribution in [2.75, 3.05) is 13.6 Å². The molecule has 0 bridgehead atoms. The van der Waals surface area contributed by atoms with Crippen molar-refractivity contribution >= 4 is 11.8 Å². The molecule has 0 fully saturated rings.